The van der Waals surface area contributed by atoms with Gasteiger partial charge in [0.2, 0.25) is 11.8 Å². The van der Waals surface area contributed by atoms with Crippen LogP contribution in [0, 0.1) is 0 Å². The third-order valence-electron chi connectivity index (χ3n) is 14.9. The van der Waals surface area contributed by atoms with E-state index in [9.17, 15) is 33.6 Å². The molecule has 0 aliphatic heterocycles. The molecule has 4 aromatic rings. The lowest BCUT2D eigenvalue weighted by Gasteiger charge is -2.11. The number of nitrogen functional groups attached to an aromatic ring is 1. The van der Waals surface area contributed by atoms with Crippen LogP contribution >= 0.6 is 0 Å². The maximum atomic E-state index is 12.7. The number of amides is 4. The molecule has 498 valence electrons. The van der Waals surface area contributed by atoms with E-state index in [1.54, 1.807) is 84.9 Å². The zero-order valence-electron chi connectivity index (χ0n) is 55.2. The van der Waals surface area contributed by atoms with Crippen LogP contribution in [0.3, 0.4) is 0 Å². The first-order valence-corrected chi connectivity index (χ1v) is 33.1. The van der Waals surface area contributed by atoms with Gasteiger partial charge in [-0.05, 0) is 98.1 Å². The highest BCUT2D eigenvalue weighted by Gasteiger charge is 2.15. The molecule has 0 atom stereocenters. The number of ether oxygens (including phenoxy) is 5. The lowest BCUT2D eigenvalue weighted by molar-refractivity contribution is -0.143. The summed E-state index contributed by atoms with van der Waals surface area (Å²) in [6.45, 7) is 5.88. The number of nitrogens with one attached hydrogen (secondary N) is 4. The van der Waals surface area contributed by atoms with Gasteiger partial charge in [0.15, 0.2) is 12.4 Å². The number of methoxy groups -OCH3 is 3. The van der Waals surface area contributed by atoms with E-state index in [0.29, 0.717) is 63.9 Å². The van der Waals surface area contributed by atoms with Crippen molar-refractivity contribution in [2.24, 2.45) is 10.9 Å². The third kappa shape index (κ3) is 38.7. The fourth-order valence-electron chi connectivity index (χ4n) is 9.66. The lowest BCUT2D eigenvalue weighted by atomic mass is 10.0. The summed E-state index contributed by atoms with van der Waals surface area (Å²) in [5.74, 6) is 5.54. The number of ketones is 1. The molecular weight excluding hydrogens is 1140 g/mol. The predicted molar refractivity (Wildman–Crippen MR) is 361 cm³/mol. The van der Waals surface area contributed by atoms with Crippen LogP contribution in [0.2, 0.25) is 0 Å². The number of hydrogen-bond acceptors (Lipinski definition) is 14. The standard InChI is InChI=1S/C36H53N3O6.C26H45N3O3.C10H10O3/c1-4-5-6-7-8-9-10-11-12-13-14-15-16-17-18-19-34(40)38-30-22-25-32(33(26-30)43-2)36(42)39-37-27-29-20-23-31(24-21-29)45-28-35(41)44-3;1-3-4-5-6-7-8-9-10-11-12-13-14-15-16-17-18-25(30)28-22-19-20-23(26(31)29-27)24(21-22)32-2;1-8(12)7-13-10-4-2-9(6-11)3-5-10/h20-27H,4-19,28H2,1-3H3,(H,38,40)(H,39,42);19-21H,3-18,27H2,1-2H3,(H,28,30)(H,29,31);2-6H,7H2,1H3/b37-27+;;. The quantitative estimate of drug-likeness (QED) is 0.00525. The van der Waals surface area contributed by atoms with Crippen molar-refractivity contribution < 1.29 is 57.2 Å². The van der Waals surface area contributed by atoms with Gasteiger partial charge in [0.1, 0.15) is 35.9 Å². The minimum Gasteiger partial charge on any atom is -0.496 e. The van der Waals surface area contributed by atoms with Gasteiger partial charge in [0, 0.05) is 41.9 Å². The van der Waals surface area contributed by atoms with Crippen LogP contribution in [0.1, 0.15) is 263 Å². The minimum atomic E-state index is -0.468. The number of hydrazine groups is 1. The molecule has 0 aliphatic carbocycles. The van der Waals surface area contributed by atoms with Gasteiger partial charge in [-0.1, -0.05) is 194 Å². The first-order chi connectivity index (χ1) is 43.8. The topological polar surface area (TPSA) is 252 Å². The average Bonchev–Trinajstić information content (AvgIpc) is 3.05. The van der Waals surface area contributed by atoms with Crippen molar-refractivity contribution in [1.29, 1.82) is 0 Å². The predicted octanol–water partition coefficient (Wildman–Crippen LogP) is 16.2. The Balaban J connectivity index is 0.000000529. The van der Waals surface area contributed by atoms with Gasteiger partial charge in [-0.2, -0.15) is 5.10 Å². The van der Waals surface area contributed by atoms with E-state index < -0.39 is 17.8 Å². The first-order valence-electron chi connectivity index (χ1n) is 33.1. The number of carbonyl (C=O) groups is 7. The SMILES string of the molecule is CC(=O)COc1ccc(C=O)cc1.CCCCCCCCCCCCCCCCCC(=O)Nc1ccc(C(=O)N/N=C/c2ccc(OCC(=O)OC)cc2)c(OC)c1.CCCCCCCCCCCCCCCCCC(=O)Nc1ccc(C(=O)NN)c(OC)c1. The van der Waals surface area contributed by atoms with Crippen molar-refractivity contribution in [1.82, 2.24) is 10.9 Å². The molecule has 4 amide bonds. The monoisotopic (exact) mass is 1250 g/mol. The van der Waals surface area contributed by atoms with Crippen LogP contribution in [0.5, 0.6) is 23.0 Å². The first kappa shape index (κ1) is 78.5. The fraction of sp³-hybridized carbons (Fsp3) is 0.556. The molecular formula is C72H108N6O12. The third-order valence-corrected chi connectivity index (χ3v) is 14.9. The molecule has 0 spiro atoms. The molecule has 0 radical (unpaired) electrons. The van der Waals surface area contributed by atoms with Gasteiger partial charge in [-0.3, -0.25) is 34.2 Å². The molecule has 6 N–H and O–H groups in total. The molecule has 0 fully saturated rings. The Morgan fingerprint density at radius 3 is 1.16 bits per heavy atom. The molecule has 0 bridgehead atoms. The van der Waals surface area contributed by atoms with E-state index in [0.717, 1.165) is 37.5 Å². The van der Waals surface area contributed by atoms with Crippen molar-refractivity contribution in [3.63, 3.8) is 0 Å². The normalized spacial score (nSPS) is 10.6. The number of nitrogens with zero attached hydrogens (tertiary/aromatic N) is 1. The van der Waals surface area contributed by atoms with E-state index in [4.69, 9.17) is 24.8 Å². The van der Waals surface area contributed by atoms with Crippen molar-refractivity contribution in [2.45, 2.75) is 226 Å². The van der Waals surface area contributed by atoms with Gasteiger partial charge >= 0.3 is 5.97 Å². The Labute approximate surface area is 537 Å². The van der Waals surface area contributed by atoms with Crippen molar-refractivity contribution in [2.75, 3.05) is 45.2 Å². The molecule has 4 rings (SSSR count). The summed E-state index contributed by atoms with van der Waals surface area (Å²) < 4.78 is 25.6. The number of hydrazone groups is 1. The Morgan fingerprint density at radius 2 is 0.811 bits per heavy atom. The van der Waals surface area contributed by atoms with E-state index in [-0.39, 0.29) is 30.8 Å². The van der Waals surface area contributed by atoms with Crippen LogP contribution in [0.25, 0.3) is 0 Å². The van der Waals surface area contributed by atoms with Crippen molar-refractivity contribution in [3.05, 3.63) is 107 Å². The summed E-state index contributed by atoms with van der Waals surface area (Å²) in [6, 6.07) is 23.2. The number of rotatable bonds is 47. The zero-order chi connectivity index (χ0) is 65.7. The van der Waals surface area contributed by atoms with Gasteiger partial charge < -0.3 is 34.3 Å². The number of benzene rings is 4. The highest BCUT2D eigenvalue weighted by Crippen LogP contribution is 2.26. The number of carbonyl (C=O) groups excluding carboxylic acids is 7. The molecule has 18 heteroatoms. The Hall–Kier alpha value is -7.60. The second-order valence-corrected chi connectivity index (χ2v) is 22.6. The van der Waals surface area contributed by atoms with E-state index >= 15 is 0 Å². The van der Waals surface area contributed by atoms with E-state index in [2.05, 4.69) is 45.2 Å². The van der Waals surface area contributed by atoms with E-state index in [1.165, 1.54) is 201 Å². The van der Waals surface area contributed by atoms with Crippen molar-refractivity contribution >= 4 is 59.3 Å². The van der Waals surface area contributed by atoms with Crippen LogP contribution < -0.4 is 46.3 Å². The molecule has 0 saturated carbocycles. The van der Waals surface area contributed by atoms with Gasteiger partial charge in [0.05, 0.1) is 38.7 Å². The molecule has 90 heavy (non-hydrogen) atoms. The Bertz CT molecular complexity index is 2650. The molecule has 18 nitrogen and oxygen atoms in total. The van der Waals surface area contributed by atoms with Crippen LogP contribution in [-0.2, 0) is 23.9 Å². The average molecular weight is 1250 g/mol. The molecule has 0 heterocycles. The number of nitrogens with two attached hydrogens (primary N) is 1. The van der Waals surface area contributed by atoms with Gasteiger partial charge in [-0.15, -0.1) is 0 Å². The lowest BCUT2D eigenvalue weighted by Crippen LogP contribution is -2.30. The molecule has 0 aromatic heterocycles. The smallest absolute Gasteiger partial charge is 0.343 e. The minimum absolute atomic E-state index is 0.0160. The van der Waals surface area contributed by atoms with Crippen LogP contribution in [-0.4, -0.2) is 82.4 Å². The van der Waals surface area contributed by atoms with Crippen molar-refractivity contribution in [3.8, 4) is 23.0 Å². The highest BCUT2D eigenvalue weighted by molar-refractivity contribution is 5.99. The number of anilines is 2. The summed E-state index contributed by atoms with van der Waals surface area (Å²) in [6.07, 6.45) is 42.2. The fourth-order valence-corrected chi connectivity index (χ4v) is 9.66. The van der Waals surface area contributed by atoms with Gasteiger partial charge in [0.25, 0.3) is 11.8 Å². The molecule has 0 saturated heterocycles. The van der Waals surface area contributed by atoms with Gasteiger partial charge in [-0.25, -0.2) is 16.1 Å². The number of hydrogen-bond donors (Lipinski definition) is 5. The highest BCUT2D eigenvalue weighted by atomic mass is 16.6. The zero-order valence-corrected chi connectivity index (χ0v) is 55.2. The summed E-state index contributed by atoms with van der Waals surface area (Å²) in [7, 11) is 4.24. The number of esters is 1. The summed E-state index contributed by atoms with van der Waals surface area (Å²) in [4.78, 5) is 81.0. The maximum absolute atomic E-state index is 12.7. The Kier molecular flexibility index (Phi) is 45.5. The summed E-state index contributed by atoms with van der Waals surface area (Å²) >= 11 is 0. The largest absolute Gasteiger partial charge is 0.496 e. The van der Waals surface area contributed by atoms with E-state index in [1.807, 2.05) is 0 Å². The summed E-state index contributed by atoms with van der Waals surface area (Å²) in [5.41, 5.74) is 7.69. The number of Topliss-reactive ketones (excluding diaryl/α,β-unsaturated/α-hetero) is 1. The van der Waals surface area contributed by atoms with Crippen LogP contribution in [0.15, 0.2) is 90.0 Å². The second-order valence-electron chi connectivity index (χ2n) is 22.6. The number of unbranched alkanes of at least 4 members (excludes halogenated alkanes) is 28. The maximum Gasteiger partial charge on any atom is 0.343 e. The summed E-state index contributed by atoms with van der Waals surface area (Å²) in [5, 5.41) is 9.78. The number of aldehydes is 1. The second kappa shape index (κ2) is 52.2. The molecule has 4 aromatic carbocycles. The Morgan fingerprint density at radius 1 is 0.456 bits per heavy atom. The molecule has 0 aliphatic rings. The molecule has 0 unspecified atom stereocenters. The van der Waals surface area contributed by atoms with Crippen LogP contribution in [0.4, 0.5) is 11.4 Å².